The van der Waals surface area contributed by atoms with Crippen LogP contribution in [0.15, 0.2) is 54.6 Å². The molecule has 0 heterocycles. The Morgan fingerprint density at radius 1 is 1.00 bits per heavy atom. The molecule has 1 fully saturated rings. The Hall–Kier alpha value is -2.82. The first-order chi connectivity index (χ1) is 12.6. The second kappa shape index (κ2) is 8.04. The molecular weight excluding hydrogens is 328 g/mol. The van der Waals surface area contributed by atoms with E-state index in [0.29, 0.717) is 17.9 Å². The summed E-state index contributed by atoms with van der Waals surface area (Å²) in [5, 5.41) is 3.03. The van der Waals surface area contributed by atoms with E-state index in [9.17, 15) is 9.59 Å². The van der Waals surface area contributed by atoms with Crippen LogP contribution in [0, 0.1) is 0 Å². The summed E-state index contributed by atoms with van der Waals surface area (Å²) in [5.41, 5.74) is 6.93. The van der Waals surface area contributed by atoms with Crippen molar-refractivity contribution >= 4 is 11.8 Å². The minimum atomic E-state index is -0.489. The quantitative estimate of drug-likeness (QED) is 0.804. The number of rotatable bonds is 7. The summed E-state index contributed by atoms with van der Waals surface area (Å²) in [7, 11) is 0. The normalized spacial score (nSPS) is 15.4. The van der Waals surface area contributed by atoms with Gasteiger partial charge >= 0.3 is 0 Å². The summed E-state index contributed by atoms with van der Waals surface area (Å²) in [4.78, 5) is 23.3. The number of primary amides is 1. The summed E-state index contributed by atoms with van der Waals surface area (Å²) in [6, 6.07) is 16.8. The molecule has 1 aliphatic carbocycles. The van der Waals surface area contributed by atoms with Crippen molar-refractivity contribution in [3.63, 3.8) is 0 Å². The molecule has 0 spiro atoms. The maximum atomic E-state index is 12.2. The van der Waals surface area contributed by atoms with Crippen molar-refractivity contribution in [1.82, 2.24) is 5.32 Å². The van der Waals surface area contributed by atoms with Gasteiger partial charge in [0.1, 0.15) is 5.75 Å². The van der Waals surface area contributed by atoms with Crippen molar-refractivity contribution in [3.8, 4) is 5.75 Å². The molecule has 2 aromatic carbocycles. The van der Waals surface area contributed by atoms with Gasteiger partial charge < -0.3 is 15.8 Å². The number of carbonyl (C=O) groups excluding carboxylic acids is 2. The topological polar surface area (TPSA) is 81.4 Å². The fourth-order valence-electron chi connectivity index (χ4n) is 3.59. The number of ether oxygens (including phenoxy) is 1. The Bertz CT molecular complexity index is 751. The molecule has 5 heteroatoms. The van der Waals surface area contributed by atoms with Crippen molar-refractivity contribution in [1.29, 1.82) is 0 Å². The zero-order valence-corrected chi connectivity index (χ0v) is 14.7. The van der Waals surface area contributed by atoms with Crippen molar-refractivity contribution in [2.24, 2.45) is 5.73 Å². The number of nitrogens with two attached hydrogens (primary N) is 1. The standard InChI is InChI=1S/C21H24N2O3/c22-20(25)16-8-10-18(11-9-16)26-14-19(24)23-15-21(12-4-5-13-21)17-6-2-1-3-7-17/h1-3,6-11H,4-5,12-15H2,(H2,22,25)(H,23,24). The molecule has 1 aliphatic rings. The summed E-state index contributed by atoms with van der Waals surface area (Å²) >= 11 is 0. The Balaban J connectivity index is 1.53. The molecular formula is C21H24N2O3. The van der Waals surface area contributed by atoms with Crippen LogP contribution in [-0.2, 0) is 10.2 Å². The SMILES string of the molecule is NC(=O)c1ccc(OCC(=O)NCC2(c3ccccc3)CCCC2)cc1. The third kappa shape index (κ3) is 4.23. The van der Waals surface area contributed by atoms with Gasteiger partial charge in [-0.25, -0.2) is 0 Å². The molecule has 0 unspecified atom stereocenters. The predicted octanol–water partition coefficient (Wildman–Crippen LogP) is 2.79. The van der Waals surface area contributed by atoms with E-state index in [2.05, 4.69) is 29.6 Å². The van der Waals surface area contributed by atoms with E-state index in [1.165, 1.54) is 18.4 Å². The average Bonchev–Trinajstić information content (AvgIpc) is 3.16. The number of amides is 2. The number of carbonyl (C=O) groups is 2. The van der Waals surface area contributed by atoms with Gasteiger partial charge in [-0.05, 0) is 42.7 Å². The van der Waals surface area contributed by atoms with Crippen LogP contribution in [0.2, 0.25) is 0 Å². The van der Waals surface area contributed by atoms with E-state index in [1.807, 2.05) is 6.07 Å². The van der Waals surface area contributed by atoms with Crippen LogP contribution in [0.5, 0.6) is 5.75 Å². The minimum absolute atomic E-state index is 0.0278. The van der Waals surface area contributed by atoms with Crippen molar-refractivity contribution in [2.75, 3.05) is 13.2 Å². The molecule has 3 N–H and O–H groups in total. The molecule has 0 radical (unpaired) electrons. The van der Waals surface area contributed by atoms with E-state index in [-0.39, 0.29) is 17.9 Å². The highest BCUT2D eigenvalue weighted by molar-refractivity contribution is 5.92. The fourth-order valence-corrected chi connectivity index (χ4v) is 3.59. The Morgan fingerprint density at radius 2 is 1.65 bits per heavy atom. The lowest BCUT2D eigenvalue weighted by atomic mass is 9.79. The molecule has 136 valence electrons. The highest BCUT2D eigenvalue weighted by Crippen LogP contribution is 2.40. The highest BCUT2D eigenvalue weighted by atomic mass is 16.5. The molecule has 5 nitrogen and oxygen atoms in total. The number of benzene rings is 2. The lowest BCUT2D eigenvalue weighted by Crippen LogP contribution is -2.40. The average molecular weight is 352 g/mol. The van der Waals surface area contributed by atoms with Crippen LogP contribution in [0.4, 0.5) is 0 Å². The molecule has 0 bridgehead atoms. The van der Waals surface area contributed by atoms with Gasteiger partial charge in [0.15, 0.2) is 6.61 Å². The summed E-state index contributed by atoms with van der Waals surface area (Å²) in [6.45, 7) is 0.570. The monoisotopic (exact) mass is 352 g/mol. The van der Waals surface area contributed by atoms with Gasteiger partial charge in [-0.15, -0.1) is 0 Å². The Labute approximate surface area is 153 Å². The molecule has 1 saturated carbocycles. The second-order valence-electron chi connectivity index (χ2n) is 6.81. The van der Waals surface area contributed by atoms with E-state index in [0.717, 1.165) is 12.8 Å². The smallest absolute Gasteiger partial charge is 0.257 e. The van der Waals surface area contributed by atoms with Gasteiger partial charge in [0.05, 0.1) is 0 Å². The summed E-state index contributed by atoms with van der Waals surface area (Å²) < 4.78 is 5.49. The largest absolute Gasteiger partial charge is 0.484 e. The lowest BCUT2D eigenvalue weighted by Gasteiger charge is -2.30. The van der Waals surface area contributed by atoms with Crippen LogP contribution in [0.3, 0.4) is 0 Å². The van der Waals surface area contributed by atoms with E-state index in [4.69, 9.17) is 10.5 Å². The van der Waals surface area contributed by atoms with Crippen LogP contribution in [0.25, 0.3) is 0 Å². The molecule has 3 rings (SSSR count). The van der Waals surface area contributed by atoms with E-state index in [1.54, 1.807) is 24.3 Å². The molecule has 0 atom stereocenters. The van der Waals surface area contributed by atoms with E-state index < -0.39 is 5.91 Å². The highest BCUT2D eigenvalue weighted by Gasteiger charge is 2.35. The molecule has 0 aliphatic heterocycles. The predicted molar refractivity (Wildman–Crippen MR) is 100 cm³/mol. The molecule has 2 amide bonds. The summed E-state index contributed by atoms with van der Waals surface area (Å²) in [6.07, 6.45) is 4.56. The van der Waals surface area contributed by atoms with Gasteiger partial charge in [0, 0.05) is 17.5 Å². The van der Waals surface area contributed by atoms with Crippen LogP contribution < -0.4 is 15.8 Å². The van der Waals surface area contributed by atoms with Gasteiger partial charge in [0.2, 0.25) is 5.91 Å². The summed E-state index contributed by atoms with van der Waals surface area (Å²) in [5.74, 6) is -0.105. The third-order valence-electron chi connectivity index (χ3n) is 5.08. The molecule has 0 saturated heterocycles. The van der Waals surface area contributed by atoms with Gasteiger partial charge in [-0.3, -0.25) is 9.59 Å². The Kier molecular flexibility index (Phi) is 5.56. The van der Waals surface area contributed by atoms with Gasteiger partial charge in [0.25, 0.3) is 5.91 Å². The number of hydrogen-bond acceptors (Lipinski definition) is 3. The molecule has 2 aromatic rings. The zero-order chi connectivity index (χ0) is 18.4. The van der Waals surface area contributed by atoms with Crippen molar-refractivity contribution in [3.05, 3.63) is 65.7 Å². The third-order valence-corrected chi connectivity index (χ3v) is 5.08. The van der Waals surface area contributed by atoms with Crippen LogP contribution in [0.1, 0.15) is 41.6 Å². The second-order valence-corrected chi connectivity index (χ2v) is 6.81. The first-order valence-electron chi connectivity index (χ1n) is 8.94. The first-order valence-corrected chi connectivity index (χ1v) is 8.94. The zero-order valence-electron chi connectivity index (χ0n) is 14.7. The maximum absolute atomic E-state index is 12.2. The van der Waals surface area contributed by atoms with E-state index >= 15 is 0 Å². The van der Waals surface area contributed by atoms with Crippen molar-refractivity contribution < 1.29 is 14.3 Å². The van der Waals surface area contributed by atoms with Crippen molar-refractivity contribution in [2.45, 2.75) is 31.1 Å². The maximum Gasteiger partial charge on any atom is 0.257 e. The Morgan fingerprint density at radius 3 is 2.27 bits per heavy atom. The lowest BCUT2D eigenvalue weighted by molar-refractivity contribution is -0.123. The molecule has 0 aromatic heterocycles. The molecule has 26 heavy (non-hydrogen) atoms. The number of hydrogen-bond donors (Lipinski definition) is 2. The fraction of sp³-hybridized carbons (Fsp3) is 0.333. The van der Waals surface area contributed by atoms with Gasteiger partial charge in [-0.1, -0.05) is 43.2 Å². The van der Waals surface area contributed by atoms with Crippen LogP contribution in [-0.4, -0.2) is 25.0 Å². The minimum Gasteiger partial charge on any atom is -0.484 e. The first kappa shape index (κ1) is 18.0. The van der Waals surface area contributed by atoms with Gasteiger partial charge in [-0.2, -0.15) is 0 Å². The van der Waals surface area contributed by atoms with Crippen LogP contribution >= 0.6 is 0 Å². The number of nitrogens with one attached hydrogen (secondary N) is 1.